The zero-order valence-corrected chi connectivity index (χ0v) is 8.80. The molecule has 0 aliphatic rings. The van der Waals surface area contributed by atoms with E-state index in [1.807, 2.05) is 0 Å². The molecular weight excluding hydrogens is 210 g/mol. The van der Waals surface area contributed by atoms with Crippen molar-refractivity contribution in [2.75, 3.05) is 0 Å². The van der Waals surface area contributed by atoms with E-state index in [0.29, 0.717) is 11.4 Å². The third-order valence-electron chi connectivity index (χ3n) is 2.37. The second-order valence-electron chi connectivity index (χ2n) is 3.44. The summed E-state index contributed by atoms with van der Waals surface area (Å²) in [6.45, 7) is 3.03. The van der Waals surface area contributed by atoms with Crippen LogP contribution in [0.25, 0.3) is 5.52 Å². The van der Waals surface area contributed by atoms with E-state index in [4.69, 9.17) is 0 Å². The number of nitro groups is 1. The highest BCUT2D eigenvalue weighted by atomic mass is 16.6. The highest BCUT2D eigenvalue weighted by molar-refractivity contribution is 6.02. The third-order valence-corrected chi connectivity index (χ3v) is 2.37. The van der Waals surface area contributed by atoms with Crippen molar-refractivity contribution in [3.05, 3.63) is 39.8 Å². The molecule has 2 aromatic heterocycles. The van der Waals surface area contributed by atoms with E-state index in [9.17, 15) is 14.9 Å². The number of fused-ring (bicyclic) bond motifs is 1. The molecule has 0 spiro atoms. The summed E-state index contributed by atoms with van der Waals surface area (Å²) < 4.78 is 1.55. The number of aromatic nitrogens is 2. The summed E-state index contributed by atoms with van der Waals surface area (Å²) in [5, 5.41) is 10.8. The molecule has 82 valence electrons. The first-order chi connectivity index (χ1) is 7.52. The van der Waals surface area contributed by atoms with Gasteiger partial charge in [-0.25, -0.2) is 0 Å². The number of aryl methyl sites for hydroxylation is 1. The summed E-state index contributed by atoms with van der Waals surface area (Å²) in [4.78, 5) is 25.5. The summed E-state index contributed by atoms with van der Waals surface area (Å²) in [5.74, 6) is 0.00157. The number of imidazole rings is 1. The number of rotatable bonds is 2. The molecule has 0 fully saturated rings. The molecule has 2 heterocycles. The van der Waals surface area contributed by atoms with Gasteiger partial charge in [-0.3, -0.25) is 9.20 Å². The van der Waals surface area contributed by atoms with Crippen molar-refractivity contribution >= 4 is 17.1 Å². The minimum absolute atomic E-state index is 0.214. The predicted molar refractivity (Wildman–Crippen MR) is 56.6 cm³/mol. The van der Waals surface area contributed by atoms with Gasteiger partial charge in [0.15, 0.2) is 11.3 Å². The van der Waals surface area contributed by atoms with Crippen molar-refractivity contribution in [2.24, 2.45) is 0 Å². The fraction of sp³-hybridized carbons (Fsp3) is 0.200. The lowest BCUT2D eigenvalue weighted by Crippen LogP contribution is -1.99. The van der Waals surface area contributed by atoms with Crippen LogP contribution in [-0.2, 0) is 0 Å². The number of nitrogens with zero attached hydrogens (tertiary/aromatic N) is 3. The Morgan fingerprint density at radius 2 is 2.25 bits per heavy atom. The van der Waals surface area contributed by atoms with Gasteiger partial charge in [-0.05, 0) is 29.0 Å². The molecule has 0 saturated heterocycles. The lowest BCUT2D eigenvalue weighted by Gasteiger charge is -1.99. The number of ketones is 1. The molecule has 0 atom stereocenters. The van der Waals surface area contributed by atoms with Crippen LogP contribution < -0.4 is 0 Å². The smallest absolute Gasteiger partial charge is 0.358 e. The topological polar surface area (TPSA) is 77.5 Å². The molecule has 0 aliphatic heterocycles. The Hall–Kier alpha value is -2.24. The van der Waals surface area contributed by atoms with Crippen LogP contribution in [0, 0.1) is 17.0 Å². The first-order valence-electron chi connectivity index (χ1n) is 4.65. The molecule has 0 saturated carbocycles. The van der Waals surface area contributed by atoms with Gasteiger partial charge in [0.2, 0.25) is 5.82 Å². The van der Waals surface area contributed by atoms with E-state index >= 15 is 0 Å². The average Bonchev–Trinajstić information content (AvgIpc) is 2.56. The molecule has 16 heavy (non-hydrogen) atoms. The van der Waals surface area contributed by atoms with Crippen LogP contribution in [0.15, 0.2) is 18.3 Å². The minimum Gasteiger partial charge on any atom is -0.358 e. The lowest BCUT2D eigenvalue weighted by molar-refractivity contribution is -0.387. The van der Waals surface area contributed by atoms with Crippen LogP contribution in [0.5, 0.6) is 0 Å². The summed E-state index contributed by atoms with van der Waals surface area (Å²) >= 11 is 0. The predicted octanol–water partition coefficient (Wildman–Crippen LogP) is 1.75. The van der Waals surface area contributed by atoms with Crippen LogP contribution in [0.4, 0.5) is 5.82 Å². The van der Waals surface area contributed by atoms with E-state index in [2.05, 4.69) is 4.98 Å². The van der Waals surface area contributed by atoms with Gasteiger partial charge >= 0.3 is 5.82 Å². The molecule has 0 unspecified atom stereocenters. The molecule has 6 heteroatoms. The fourth-order valence-electron chi connectivity index (χ4n) is 1.68. The Bertz CT molecular complexity index is 601. The molecule has 0 aromatic carbocycles. The minimum atomic E-state index is -0.575. The Morgan fingerprint density at radius 3 is 2.81 bits per heavy atom. The molecule has 0 amide bonds. The van der Waals surface area contributed by atoms with E-state index in [1.54, 1.807) is 29.7 Å². The van der Waals surface area contributed by atoms with Crippen LogP contribution >= 0.6 is 0 Å². The van der Waals surface area contributed by atoms with Crippen molar-refractivity contribution in [1.82, 2.24) is 9.38 Å². The maximum absolute atomic E-state index is 11.4. The second kappa shape index (κ2) is 3.41. The Balaban J connectivity index is 2.93. The number of pyridine rings is 1. The summed E-state index contributed by atoms with van der Waals surface area (Å²) in [6.07, 6.45) is 1.65. The van der Waals surface area contributed by atoms with Crippen molar-refractivity contribution in [2.45, 2.75) is 13.8 Å². The monoisotopic (exact) mass is 219 g/mol. The first-order valence-corrected chi connectivity index (χ1v) is 4.65. The van der Waals surface area contributed by atoms with Gasteiger partial charge in [-0.15, -0.1) is 0 Å². The average molecular weight is 219 g/mol. The standard InChI is InChI=1S/C10H9N3O3/c1-6(14)8-4-3-5-12-7(2)11-10(9(8)12)13(15)16/h3-5H,1-2H3. The normalized spacial score (nSPS) is 10.6. The molecule has 0 bridgehead atoms. The molecule has 0 N–H and O–H groups in total. The lowest BCUT2D eigenvalue weighted by atomic mass is 10.1. The van der Waals surface area contributed by atoms with Crippen LogP contribution in [0.3, 0.4) is 0 Å². The van der Waals surface area contributed by atoms with Crippen LogP contribution in [0.2, 0.25) is 0 Å². The van der Waals surface area contributed by atoms with Crippen molar-refractivity contribution in [3.63, 3.8) is 0 Å². The van der Waals surface area contributed by atoms with Crippen LogP contribution in [-0.4, -0.2) is 20.1 Å². The summed E-state index contributed by atoms with van der Waals surface area (Å²) in [7, 11) is 0. The highest BCUT2D eigenvalue weighted by Gasteiger charge is 2.23. The zero-order chi connectivity index (χ0) is 11.9. The molecule has 0 radical (unpaired) electrons. The summed E-state index contributed by atoms with van der Waals surface area (Å²) in [5.41, 5.74) is 0.576. The number of Topliss-reactive ketones (excluding diaryl/α,β-unsaturated/α-hetero) is 1. The SMILES string of the molecule is CC(=O)c1cccn2c(C)nc([N+](=O)[O-])c12. The van der Waals surface area contributed by atoms with E-state index in [1.165, 1.54) is 6.92 Å². The van der Waals surface area contributed by atoms with E-state index in [0.717, 1.165) is 0 Å². The van der Waals surface area contributed by atoms with Gasteiger partial charge in [0.05, 0.1) is 5.56 Å². The zero-order valence-electron chi connectivity index (χ0n) is 8.80. The number of carbonyl (C=O) groups excluding carboxylic acids is 1. The first kappa shape index (κ1) is 10.3. The summed E-state index contributed by atoms with van der Waals surface area (Å²) in [6, 6.07) is 3.23. The fourth-order valence-corrected chi connectivity index (χ4v) is 1.68. The van der Waals surface area contributed by atoms with Gasteiger partial charge in [0, 0.05) is 13.1 Å². The highest BCUT2D eigenvalue weighted by Crippen LogP contribution is 2.24. The van der Waals surface area contributed by atoms with E-state index < -0.39 is 4.92 Å². The molecule has 6 nitrogen and oxygen atoms in total. The van der Waals surface area contributed by atoms with Gasteiger partial charge in [-0.2, -0.15) is 0 Å². The second-order valence-corrected chi connectivity index (χ2v) is 3.44. The number of hydrogen-bond donors (Lipinski definition) is 0. The quantitative estimate of drug-likeness (QED) is 0.438. The maximum Gasteiger partial charge on any atom is 0.390 e. The largest absolute Gasteiger partial charge is 0.390 e. The van der Waals surface area contributed by atoms with Gasteiger partial charge in [-0.1, -0.05) is 0 Å². The number of carbonyl (C=O) groups is 1. The Kier molecular flexibility index (Phi) is 2.19. The van der Waals surface area contributed by atoms with Crippen molar-refractivity contribution in [1.29, 1.82) is 0 Å². The van der Waals surface area contributed by atoms with Crippen molar-refractivity contribution in [3.8, 4) is 0 Å². The molecule has 0 aliphatic carbocycles. The van der Waals surface area contributed by atoms with E-state index in [-0.39, 0.29) is 17.1 Å². The van der Waals surface area contributed by atoms with Gasteiger partial charge < -0.3 is 10.1 Å². The molecule has 2 aromatic rings. The number of hydrogen-bond acceptors (Lipinski definition) is 4. The maximum atomic E-state index is 11.4. The van der Waals surface area contributed by atoms with Gasteiger partial charge in [0.25, 0.3) is 0 Å². The van der Waals surface area contributed by atoms with Gasteiger partial charge in [0.1, 0.15) is 0 Å². The van der Waals surface area contributed by atoms with Crippen LogP contribution in [0.1, 0.15) is 23.1 Å². The Labute approximate surface area is 90.7 Å². The van der Waals surface area contributed by atoms with Crippen molar-refractivity contribution < 1.29 is 9.72 Å². The third kappa shape index (κ3) is 1.35. The molecular formula is C10H9N3O3. The molecule has 2 rings (SSSR count). The Morgan fingerprint density at radius 1 is 1.56 bits per heavy atom.